The largest absolute Gasteiger partial charge is 0.467 e. The Kier molecular flexibility index (Phi) is 11.3. The third kappa shape index (κ3) is 7.01. The Hall–Kier alpha value is -1.10. The zero-order valence-electron chi connectivity index (χ0n) is 22.9. The molecular formula is C24H46N6O11. The molecule has 1 unspecified atom stereocenters. The van der Waals surface area contributed by atoms with Crippen LogP contribution in [-0.4, -0.2) is 150 Å². The van der Waals surface area contributed by atoms with Crippen LogP contribution in [0, 0.1) is 0 Å². The molecule has 17 nitrogen and oxygen atoms in total. The molecule has 238 valence electrons. The van der Waals surface area contributed by atoms with E-state index in [0.29, 0.717) is 18.7 Å². The zero-order chi connectivity index (χ0) is 30.0. The summed E-state index contributed by atoms with van der Waals surface area (Å²) in [4.78, 5) is 0. The number of likely N-dealkylation sites (N-methyl/N-ethyl adjacent to an activating group) is 1. The van der Waals surface area contributed by atoms with Crippen molar-refractivity contribution >= 4 is 0 Å². The van der Waals surface area contributed by atoms with Crippen molar-refractivity contribution in [1.29, 1.82) is 0 Å². The van der Waals surface area contributed by atoms with Crippen molar-refractivity contribution in [3.63, 3.8) is 0 Å². The first-order valence-electron chi connectivity index (χ1n) is 13.8. The molecule has 3 heterocycles. The molecule has 0 radical (unpaired) electrons. The Morgan fingerprint density at radius 3 is 2.12 bits per heavy atom. The van der Waals surface area contributed by atoms with E-state index in [0.717, 1.165) is 0 Å². The number of aliphatic hydroxyl groups is 5. The van der Waals surface area contributed by atoms with Gasteiger partial charge in [-0.2, -0.15) is 0 Å². The van der Waals surface area contributed by atoms with Gasteiger partial charge in [0.1, 0.15) is 54.6 Å². The van der Waals surface area contributed by atoms with Crippen LogP contribution in [0.4, 0.5) is 0 Å². The normalized spacial score (nSPS) is 49.0. The topological polar surface area (TPSA) is 299 Å². The van der Waals surface area contributed by atoms with Crippen molar-refractivity contribution in [3.8, 4) is 0 Å². The molecule has 0 amide bonds. The molecule has 4 aliphatic rings. The van der Waals surface area contributed by atoms with Gasteiger partial charge in [0.25, 0.3) is 0 Å². The number of nitrogens with two attached hydrogens (primary N) is 5. The summed E-state index contributed by atoms with van der Waals surface area (Å²) in [5.74, 6) is 0.635. The highest BCUT2D eigenvalue weighted by Crippen LogP contribution is 2.34. The van der Waals surface area contributed by atoms with Gasteiger partial charge in [0.15, 0.2) is 12.6 Å². The van der Waals surface area contributed by atoms with Crippen molar-refractivity contribution in [3.05, 3.63) is 11.8 Å². The van der Waals surface area contributed by atoms with Crippen LogP contribution >= 0.6 is 0 Å². The number of hydrogen-bond acceptors (Lipinski definition) is 17. The quantitative estimate of drug-likeness (QED) is 0.112. The van der Waals surface area contributed by atoms with E-state index < -0.39 is 105 Å². The van der Waals surface area contributed by atoms with Gasteiger partial charge in [0.05, 0.1) is 31.3 Å². The summed E-state index contributed by atoms with van der Waals surface area (Å²) in [5.41, 5.74) is 30.4. The fraction of sp³-hybridized carbons (Fsp3) is 0.917. The maximum atomic E-state index is 11.1. The lowest BCUT2D eigenvalue weighted by atomic mass is 9.84. The van der Waals surface area contributed by atoms with E-state index >= 15 is 0 Å². The molecule has 2 saturated heterocycles. The maximum Gasteiger partial charge on any atom is 0.215 e. The minimum atomic E-state index is -1.52. The number of nitrogens with one attached hydrogen (secondary N) is 1. The summed E-state index contributed by atoms with van der Waals surface area (Å²) < 4.78 is 35.3. The maximum absolute atomic E-state index is 11.1. The van der Waals surface area contributed by atoms with Crippen LogP contribution in [0.25, 0.3) is 0 Å². The van der Waals surface area contributed by atoms with E-state index in [1.165, 1.54) is 0 Å². The second-order valence-corrected chi connectivity index (χ2v) is 11.0. The molecule has 3 aliphatic heterocycles. The Labute approximate surface area is 237 Å². The predicted octanol–water partition coefficient (Wildman–Crippen LogP) is -6.45. The average Bonchev–Trinajstić information content (AvgIpc) is 3.24. The van der Waals surface area contributed by atoms with Gasteiger partial charge in [0.2, 0.25) is 6.29 Å². The Bertz CT molecular complexity index is 876. The lowest BCUT2D eigenvalue weighted by Crippen LogP contribution is -2.65. The number of hydrogen-bond donors (Lipinski definition) is 11. The SMILES string of the molecule is CNCC1=CC[C@@H](N)[C@@H](O[C@H]2[C@H](O[C@@H]3O[C@H](CO)[C@@H](O[C@H]4OC(CN)[C@@H](O)[C@H](O)[C@H]4N)[C@H]3O)[C@@H](O)[C@H](N)C[C@@H]2N)O1. The van der Waals surface area contributed by atoms with Crippen LogP contribution in [-0.2, 0) is 28.4 Å². The molecule has 41 heavy (non-hydrogen) atoms. The van der Waals surface area contributed by atoms with Crippen molar-refractivity contribution in [2.24, 2.45) is 28.7 Å². The summed E-state index contributed by atoms with van der Waals surface area (Å²) in [6.07, 6.45) is -12.1. The van der Waals surface area contributed by atoms with E-state index in [4.69, 9.17) is 57.1 Å². The third-order valence-electron chi connectivity index (χ3n) is 7.98. The predicted molar refractivity (Wildman–Crippen MR) is 140 cm³/mol. The molecule has 16 atom stereocenters. The Balaban J connectivity index is 1.48. The Morgan fingerprint density at radius 2 is 1.46 bits per heavy atom. The standard InChI is InChI=1S/C24H46N6O11/c1-30-6-8-2-3-9(26)22(36-8)39-19-11(28)4-10(27)15(32)21(19)41-24-18(35)20(13(7-31)38-24)40-23-14(29)17(34)16(33)12(5-25)37-23/h2,9-24,30-35H,3-7,25-29H2,1H3/t9-,10-,11+,12?,13-,14-,15+,16-,17-,18-,19-,20-,21-,22-,23-,24+/m1/s1. The van der Waals surface area contributed by atoms with Crippen LogP contribution in [0.2, 0.25) is 0 Å². The molecule has 4 rings (SSSR count). The van der Waals surface area contributed by atoms with Crippen LogP contribution in [0.15, 0.2) is 11.8 Å². The monoisotopic (exact) mass is 594 g/mol. The zero-order valence-corrected chi connectivity index (χ0v) is 22.9. The van der Waals surface area contributed by atoms with Crippen LogP contribution in [0.3, 0.4) is 0 Å². The van der Waals surface area contributed by atoms with Gasteiger partial charge >= 0.3 is 0 Å². The van der Waals surface area contributed by atoms with Gasteiger partial charge in [-0.25, -0.2) is 0 Å². The van der Waals surface area contributed by atoms with Crippen LogP contribution < -0.4 is 34.0 Å². The number of aliphatic hydroxyl groups excluding tert-OH is 5. The average molecular weight is 595 g/mol. The molecule has 0 bridgehead atoms. The molecule has 0 aromatic rings. The summed E-state index contributed by atoms with van der Waals surface area (Å²) in [6.45, 7) is -0.266. The van der Waals surface area contributed by atoms with E-state index in [9.17, 15) is 25.5 Å². The molecule has 16 N–H and O–H groups in total. The van der Waals surface area contributed by atoms with E-state index in [2.05, 4.69) is 5.32 Å². The fourth-order valence-electron chi connectivity index (χ4n) is 5.55. The molecule has 0 aromatic heterocycles. The van der Waals surface area contributed by atoms with Crippen molar-refractivity contribution in [2.75, 3.05) is 26.7 Å². The molecule has 17 heteroatoms. The molecule has 0 aromatic carbocycles. The third-order valence-corrected chi connectivity index (χ3v) is 7.98. The van der Waals surface area contributed by atoms with Gasteiger partial charge in [0, 0.05) is 18.6 Å². The smallest absolute Gasteiger partial charge is 0.215 e. The minimum Gasteiger partial charge on any atom is -0.467 e. The van der Waals surface area contributed by atoms with E-state index in [1.807, 2.05) is 6.08 Å². The minimum absolute atomic E-state index is 0.133. The first-order valence-corrected chi connectivity index (χ1v) is 13.8. The molecular weight excluding hydrogens is 548 g/mol. The second-order valence-electron chi connectivity index (χ2n) is 11.0. The molecule has 1 aliphatic carbocycles. The summed E-state index contributed by atoms with van der Waals surface area (Å²) >= 11 is 0. The number of rotatable bonds is 10. The highest BCUT2D eigenvalue weighted by Gasteiger charge is 2.53. The fourth-order valence-corrected chi connectivity index (χ4v) is 5.55. The lowest BCUT2D eigenvalue weighted by Gasteiger charge is -2.45. The summed E-state index contributed by atoms with van der Waals surface area (Å²) in [7, 11) is 1.77. The Morgan fingerprint density at radius 1 is 0.805 bits per heavy atom. The van der Waals surface area contributed by atoms with Crippen molar-refractivity contribution in [2.45, 2.75) is 111 Å². The number of ether oxygens (including phenoxy) is 6. The first kappa shape index (κ1) is 32.8. The van der Waals surface area contributed by atoms with Crippen LogP contribution in [0.5, 0.6) is 0 Å². The lowest BCUT2D eigenvalue weighted by molar-refractivity contribution is -0.282. The first-order chi connectivity index (χ1) is 19.5. The van der Waals surface area contributed by atoms with Gasteiger partial charge < -0.3 is 87.9 Å². The van der Waals surface area contributed by atoms with Crippen molar-refractivity contribution < 1.29 is 54.0 Å². The van der Waals surface area contributed by atoms with Crippen molar-refractivity contribution in [1.82, 2.24) is 5.32 Å². The summed E-state index contributed by atoms with van der Waals surface area (Å²) in [5, 5.41) is 55.5. The van der Waals surface area contributed by atoms with E-state index in [1.54, 1.807) is 7.05 Å². The molecule has 0 spiro atoms. The summed E-state index contributed by atoms with van der Waals surface area (Å²) in [6, 6.07) is -3.19. The van der Waals surface area contributed by atoms with E-state index in [-0.39, 0.29) is 13.0 Å². The highest BCUT2D eigenvalue weighted by atomic mass is 16.8. The molecule has 1 saturated carbocycles. The second kappa shape index (κ2) is 14.1. The molecule has 3 fully saturated rings. The van der Waals surface area contributed by atoms with Gasteiger partial charge in [-0.1, -0.05) is 0 Å². The highest BCUT2D eigenvalue weighted by molar-refractivity contribution is 5.04. The van der Waals surface area contributed by atoms with Gasteiger partial charge in [-0.3, -0.25) is 0 Å². The van der Waals surface area contributed by atoms with Gasteiger partial charge in [-0.15, -0.1) is 0 Å². The van der Waals surface area contributed by atoms with Gasteiger partial charge in [-0.05, 0) is 26.0 Å². The van der Waals surface area contributed by atoms with Crippen LogP contribution in [0.1, 0.15) is 12.8 Å².